The number of ether oxygens (including phenoxy) is 1. The maximum absolute atomic E-state index is 12.3. The summed E-state index contributed by atoms with van der Waals surface area (Å²) in [6, 6.07) is 9.00. The van der Waals surface area contributed by atoms with E-state index in [1.165, 1.54) is 0 Å². The molecule has 1 amide bonds. The zero-order chi connectivity index (χ0) is 15.7. The number of halogens is 1. The zero-order valence-corrected chi connectivity index (χ0v) is 14.0. The first kappa shape index (κ1) is 15.4. The van der Waals surface area contributed by atoms with E-state index >= 15 is 0 Å². The van der Waals surface area contributed by atoms with Crippen LogP contribution in [0.1, 0.15) is 18.4 Å². The number of thioether (sulfide) groups is 1. The van der Waals surface area contributed by atoms with Crippen molar-refractivity contribution in [2.75, 3.05) is 12.4 Å². The number of rotatable bonds is 3. The second kappa shape index (κ2) is 5.94. The SMILES string of the molecule is N#CCOC(=O)[C@H]1CS[C@]2(c3ccc(Br)cc3)CCC(=O)N12. The van der Waals surface area contributed by atoms with Crippen LogP contribution in [0, 0.1) is 11.3 Å². The van der Waals surface area contributed by atoms with Crippen molar-refractivity contribution in [1.29, 1.82) is 5.26 Å². The largest absolute Gasteiger partial charge is 0.449 e. The van der Waals surface area contributed by atoms with Crippen molar-refractivity contribution in [1.82, 2.24) is 4.90 Å². The Hall–Kier alpha value is -1.52. The Labute approximate surface area is 140 Å². The summed E-state index contributed by atoms with van der Waals surface area (Å²) in [5.74, 6) is -0.0402. The van der Waals surface area contributed by atoms with Crippen molar-refractivity contribution < 1.29 is 14.3 Å². The Bertz CT molecular complexity index is 658. The van der Waals surface area contributed by atoms with Gasteiger partial charge in [-0.2, -0.15) is 5.26 Å². The van der Waals surface area contributed by atoms with Crippen molar-refractivity contribution in [3.63, 3.8) is 0 Å². The minimum Gasteiger partial charge on any atom is -0.449 e. The van der Waals surface area contributed by atoms with E-state index in [0.29, 0.717) is 18.6 Å². The number of nitrogens with zero attached hydrogens (tertiary/aromatic N) is 2. The van der Waals surface area contributed by atoms with Gasteiger partial charge in [0.05, 0.1) is 0 Å². The number of hydrogen-bond acceptors (Lipinski definition) is 5. The van der Waals surface area contributed by atoms with Gasteiger partial charge in [-0.15, -0.1) is 11.8 Å². The van der Waals surface area contributed by atoms with E-state index in [2.05, 4.69) is 15.9 Å². The summed E-state index contributed by atoms with van der Waals surface area (Å²) in [5.41, 5.74) is 1.02. The maximum atomic E-state index is 12.3. The van der Waals surface area contributed by atoms with Gasteiger partial charge in [-0.05, 0) is 24.1 Å². The highest BCUT2D eigenvalue weighted by atomic mass is 79.9. The van der Waals surface area contributed by atoms with Crippen LogP contribution in [-0.4, -0.2) is 35.2 Å². The summed E-state index contributed by atoms with van der Waals surface area (Å²) >= 11 is 5.01. The van der Waals surface area contributed by atoms with E-state index in [1.54, 1.807) is 22.7 Å². The molecule has 114 valence electrons. The molecule has 0 N–H and O–H groups in total. The van der Waals surface area contributed by atoms with Crippen molar-refractivity contribution in [3.8, 4) is 6.07 Å². The third kappa shape index (κ3) is 2.40. The minimum absolute atomic E-state index is 0.0353. The molecule has 0 aliphatic carbocycles. The molecule has 7 heteroatoms. The highest BCUT2D eigenvalue weighted by Crippen LogP contribution is 2.54. The van der Waals surface area contributed by atoms with Crippen LogP contribution in [0.2, 0.25) is 0 Å². The highest BCUT2D eigenvalue weighted by molar-refractivity contribution is 9.10. The molecule has 2 saturated heterocycles. The Morgan fingerprint density at radius 3 is 2.91 bits per heavy atom. The second-order valence-corrected chi connectivity index (χ2v) is 7.36. The fraction of sp³-hybridized carbons (Fsp3) is 0.400. The molecule has 0 radical (unpaired) electrons. The van der Waals surface area contributed by atoms with Crippen LogP contribution in [-0.2, 0) is 19.2 Å². The third-order valence-corrected chi connectivity index (χ3v) is 6.10. The van der Waals surface area contributed by atoms with Gasteiger partial charge in [0, 0.05) is 16.6 Å². The maximum Gasteiger partial charge on any atom is 0.330 e. The normalized spacial score (nSPS) is 26.6. The smallest absolute Gasteiger partial charge is 0.330 e. The predicted molar refractivity (Wildman–Crippen MR) is 84.7 cm³/mol. The number of benzene rings is 1. The van der Waals surface area contributed by atoms with Crippen LogP contribution in [0.3, 0.4) is 0 Å². The molecule has 0 aromatic heterocycles. The molecule has 2 atom stereocenters. The van der Waals surface area contributed by atoms with Crippen LogP contribution < -0.4 is 0 Å². The van der Waals surface area contributed by atoms with Gasteiger partial charge in [0.25, 0.3) is 0 Å². The number of hydrogen-bond donors (Lipinski definition) is 0. The number of carbonyl (C=O) groups is 2. The number of esters is 1. The lowest BCUT2D eigenvalue weighted by Gasteiger charge is -2.33. The summed E-state index contributed by atoms with van der Waals surface area (Å²) in [6.45, 7) is -0.284. The number of fused-ring (bicyclic) bond motifs is 1. The molecular formula is C15H13BrN2O3S. The molecule has 2 aliphatic heterocycles. The summed E-state index contributed by atoms with van der Waals surface area (Å²) in [6.07, 6.45) is 1.10. The van der Waals surface area contributed by atoms with Gasteiger partial charge >= 0.3 is 5.97 Å². The van der Waals surface area contributed by atoms with Crippen LogP contribution >= 0.6 is 27.7 Å². The van der Waals surface area contributed by atoms with E-state index in [4.69, 9.17) is 10.00 Å². The minimum atomic E-state index is -0.614. The fourth-order valence-corrected chi connectivity index (χ4v) is 4.93. The first-order valence-corrected chi connectivity index (χ1v) is 8.62. The lowest BCUT2D eigenvalue weighted by Crippen LogP contribution is -2.46. The van der Waals surface area contributed by atoms with E-state index in [-0.39, 0.29) is 12.5 Å². The van der Waals surface area contributed by atoms with Gasteiger partial charge < -0.3 is 9.64 Å². The standard InChI is InChI=1S/C15H13BrN2O3S/c16-11-3-1-10(2-4-11)15-6-5-13(19)18(15)12(9-22-15)14(20)21-8-7-17/h1-4,12H,5-6,8-9H2/t12-,15+/m1/s1. The van der Waals surface area contributed by atoms with Crippen LogP contribution in [0.4, 0.5) is 0 Å². The fourth-order valence-electron chi connectivity index (χ4n) is 3.03. The summed E-state index contributed by atoms with van der Waals surface area (Å²) in [5, 5.41) is 8.53. The molecule has 0 saturated carbocycles. The molecule has 0 bridgehead atoms. The quantitative estimate of drug-likeness (QED) is 0.752. The first-order valence-electron chi connectivity index (χ1n) is 6.84. The molecule has 1 aromatic rings. The molecule has 2 aliphatic rings. The number of carbonyl (C=O) groups excluding carboxylic acids is 2. The summed E-state index contributed by atoms with van der Waals surface area (Å²) in [4.78, 5) is 25.6. The van der Waals surface area contributed by atoms with Crippen LogP contribution in [0.25, 0.3) is 0 Å². The van der Waals surface area contributed by atoms with Crippen LogP contribution in [0.5, 0.6) is 0 Å². The monoisotopic (exact) mass is 380 g/mol. The average Bonchev–Trinajstić information content (AvgIpc) is 3.05. The predicted octanol–water partition coefficient (Wildman–Crippen LogP) is 2.41. The van der Waals surface area contributed by atoms with E-state index in [0.717, 1.165) is 10.0 Å². The van der Waals surface area contributed by atoms with Crippen molar-refractivity contribution >= 4 is 39.6 Å². The molecule has 5 nitrogen and oxygen atoms in total. The van der Waals surface area contributed by atoms with E-state index in [9.17, 15) is 9.59 Å². The van der Waals surface area contributed by atoms with Crippen LogP contribution in [0.15, 0.2) is 28.7 Å². The highest BCUT2D eigenvalue weighted by Gasteiger charge is 2.57. The van der Waals surface area contributed by atoms with Gasteiger partial charge in [0.2, 0.25) is 5.91 Å². The lowest BCUT2D eigenvalue weighted by atomic mass is 10.0. The molecule has 0 unspecified atom stereocenters. The molecule has 2 fully saturated rings. The average molecular weight is 381 g/mol. The Morgan fingerprint density at radius 2 is 2.23 bits per heavy atom. The van der Waals surface area contributed by atoms with Crippen molar-refractivity contribution in [2.24, 2.45) is 0 Å². The van der Waals surface area contributed by atoms with Crippen molar-refractivity contribution in [2.45, 2.75) is 23.8 Å². The van der Waals surface area contributed by atoms with E-state index < -0.39 is 16.9 Å². The molecule has 2 heterocycles. The van der Waals surface area contributed by atoms with Crippen molar-refractivity contribution in [3.05, 3.63) is 34.3 Å². The summed E-state index contributed by atoms with van der Waals surface area (Å²) < 4.78 is 5.89. The topological polar surface area (TPSA) is 70.4 Å². The molecule has 1 aromatic carbocycles. The Morgan fingerprint density at radius 1 is 1.50 bits per heavy atom. The van der Waals surface area contributed by atoms with Gasteiger partial charge in [-0.25, -0.2) is 4.79 Å². The van der Waals surface area contributed by atoms with Gasteiger partial charge in [0.1, 0.15) is 17.0 Å². The van der Waals surface area contributed by atoms with Gasteiger partial charge in [-0.3, -0.25) is 4.79 Å². The Balaban J connectivity index is 1.92. The molecular weight excluding hydrogens is 368 g/mol. The third-order valence-electron chi connectivity index (χ3n) is 3.97. The summed E-state index contributed by atoms with van der Waals surface area (Å²) in [7, 11) is 0. The first-order chi connectivity index (χ1) is 10.6. The number of amides is 1. The van der Waals surface area contributed by atoms with E-state index in [1.807, 2.05) is 24.3 Å². The van der Waals surface area contributed by atoms with Gasteiger partial charge in [-0.1, -0.05) is 28.1 Å². The zero-order valence-electron chi connectivity index (χ0n) is 11.6. The number of nitriles is 1. The lowest BCUT2D eigenvalue weighted by molar-refractivity contribution is -0.152. The Kier molecular flexibility index (Phi) is 4.15. The second-order valence-electron chi connectivity index (χ2n) is 5.15. The molecule has 0 spiro atoms. The molecule has 22 heavy (non-hydrogen) atoms. The molecule has 3 rings (SSSR count). The van der Waals surface area contributed by atoms with Gasteiger partial charge in [0.15, 0.2) is 6.61 Å².